The van der Waals surface area contributed by atoms with E-state index in [1.165, 1.54) is 4.90 Å². The summed E-state index contributed by atoms with van der Waals surface area (Å²) in [6.45, 7) is 0.120. The molecule has 2 aliphatic heterocycles. The maximum Gasteiger partial charge on any atom is 0.315 e. The van der Waals surface area contributed by atoms with Crippen molar-refractivity contribution in [1.29, 1.82) is 0 Å². The van der Waals surface area contributed by atoms with Gasteiger partial charge in [-0.25, -0.2) is 0 Å². The van der Waals surface area contributed by atoms with E-state index in [1.54, 1.807) is 0 Å². The smallest absolute Gasteiger partial charge is 0.315 e. The minimum atomic E-state index is -1.61. The maximum atomic E-state index is 11.1. The van der Waals surface area contributed by atoms with Crippen LogP contribution in [0.25, 0.3) is 10.4 Å². The van der Waals surface area contributed by atoms with Crippen LogP contribution in [-0.4, -0.2) is 58.0 Å². The molecule has 9 heteroatoms. The van der Waals surface area contributed by atoms with Crippen LogP contribution >= 0.6 is 0 Å². The molecule has 9 nitrogen and oxygen atoms in total. The topological polar surface area (TPSA) is 136 Å². The number of hydrogen-bond donors (Lipinski definition) is 2. The first-order valence-electron chi connectivity index (χ1n) is 4.94. The molecule has 0 aliphatic carbocycles. The van der Waals surface area contributed by atoms with Crippen molar-refractivity contribution in [3.8, 4) is 0 Å². The van der Waals surface area contributed by atoms with Crippen molar-refractivity contribution in [1.82, 2.24) is 4.90 Å². The fraction of sp³-hybridized carbons (Fsp3) is 0.750. The summed E-state index contributed by atoms with van der Waals surface area (Å²) in [5.41, 5.74) is 8.21. The number of carbonyl (C=O) groups excluding carboxylic acids is 1. The van der Waals surface area contributed by atoms with E-state index < -0.39 is 24.2 Å². The van der Waals surface area contributed by atoms with Crippen molar-refractivity contribution in [2.24, 2.45) is 5.11 Å². The Morgan fingerprint density at radius 2 is 2.41 bits per heavy atom. The van der Waals surface area contributed by atoms with Crippen LogP contribution in [-0.2, 0) is 14.3 Å². The van der Waals surface area contributed by atoms with Crippen molar-refractivity contribution in [3.63, 3.8) is 0 Å². The number of azide groups is 1. The average Bonchev–Trinajstić information content (AvgIpc) is 2.62. The number of aliphatic hydroxyl groups is 1. The van der Waals surface area contributed by atoms with E-state index in [0.29, 0.717) is 0 Å². The van der Waals surface area contributed by atoms with Crippen LogP contribution in [0.2, 0.25) is 0 Å². The molecule has 0 unspecified atom stereocenters. The normalized spacial score (nSPS) is 29.9. The van der Waals surface area contributed by atoms with Gasteiger partial charge in [-0.15, -0.1) is 0 Å². The highest BCUT2D eigenvalue weighted by atomic mass is 16.5. The summed E-state index contributed by atoms with van der Waals surface area (Å²) in [6, 6.07) is -1.61. The zero-order chi connectivity index (χ0) is 12.6. The number of carboxylic acid groups (broad SMARTS) is 1. The van der Waals surface area contributed by atoms with E-state index in [4.69, 9.17) is 15.4 Å². The quantitative estimate of drug-likeness (QED) is 0.284. The van der Waals surface area contributed by atoms with Gasteiger partial charge >= 0.3 is 5.97 Å². The molecule has 2 saturated heterocycles. The molecule has 2 heterocycles. The lowest BCUT2D eigenvalue weighted by Gasteiger charge is -2.31. The fourth-order valence-electron chi connectivity index (χ4n) is 1.92. The highest BCUT2D eigenvalue weighted by Gasteiger charge is 2.49. The van der Waals surface area contributed by atoms with Gasteiger partial charge in [-0.05, 0) is 5.53 Å². The summed E-state index contributed by atoms with van der Waals surface area (Å²) in [7, 11) is 0. The minimum absolute atomic E-state index is 0.0969. The third-order valence-corrected chi connectivity index (χ3v) is 2.86. The Hall–Kier alpha value is -1.83. The van der Waals surface area contributed by atoms with Gasteiger partial charge in [0.25, 0.3) is 0 Å². The van der Waals surface area contributed by atoms with E-state index in [-0.39, 0.29) is 25.1 Å². The number of nitrogens with zero attached hydrogens (tertiary/aromatic N) is 4. The number of hydrogen-bond acceptors (Lipinski definition) is 5. The monoisotopic (exact) mass is 242 g/mol. The number of carboxylic acids is 1. The number of β-lactam (4-membered cyclic amide) rings is 1. The summed E-state index contributed by atoms with van der Waals surface area (Å²) in [4.78, 5) is 25.6. The lowest BCUT2D eigenvalue weighted by Crippen LogP contribution is -2.48. The SMILES string of the molecule is [N-]=[N+]=N[C@@H](C(=O)O)[C@@H](O)[C@H]1CN2C(=O)C[C@@H]2O1. The van der Waals surface area contributed by atoms with Gasteiger partial charge in [-0.3, -0.25) is 9.59 Å². The fourth-order valence-corrected chi connectivity index (χ4v) is 1.92. The Labute approximate surface area is 95.2 Å². The molecule has 2 aliphatic rings. The Bertz CT molecular complexity index is 405. The van der Waals surface area contributed by atoms with Crippen molar-refractivity contribution in [2.45, 2.75) is 30.9 Å². The number of aliphatic hydroxyl groups excluding tert-OH is 1. The zero-order valence-corrected chi connectivity index (χ0v) is 8.63. The Kier molecular flexibility index (Phi) is 2.88. The van der Waals surface area contributed by atoms with Crippen LogP contribution in [0, 0.1) is 0 Å². The highest BCUT2D eigenvalue weighted by molar-refractivity contribution is 5.83. The second-order valence-corrected chi connectivity index (χ2v) is 3.86. The molecule has 0 spiro atoms. The molecule has 0 aromatic carbocycles. The Morgan fingerprint density at radius 3 is 2.88 bits per heavy atom. The van der Waals surface area contributed by atoms with Crippen molar-refractivity contribution < 1.29 is 24.5 Å². The first-order valence-corrected chi connectivity index (χ1v) is 4.94. The molecule has 0 saturated carbocycles. The predicted octanol–water partition coefficient (Wildman–Crippen LogP) is -0.932. The molecule has 0 radical (unpaired) electrons. The zero-order valence-electron chi connectivity index (χ0n) is 8.63. The second kappa shape index (κ2) is 4.21. The van der Waals surface area contributed by atoms with E-state index in [1.807, 2.05) is 0 Å². The molecule has 2 N–H and O–H groups in total. The molecule has 2 fully saturated rings. The summed E-state index contributed by atoms with van der Waals surface area (Å²) >= 11 is 0. The Balaban J connectivity index is 2.04. The molecule has 0 aromatic heterocycles. The summed E-state index contributed by atoms with van der Waals surface area (Å²) in [5, 5.41) is 21.5. The number of rotatable bonds is 4. The lowest BCUT2D eigenvalue weighted by atomic mass is 10.1. The summed E-state index contributed by atoms with van der Waals surface area (Å²) < 4.78 is 5.28. The van der Waals surface area contributed by atoms with Gasteiger partial charge in [-0.2, -0.15) is 0 Å². The molecule has 1 amide bonds. The molecular formula is C8H10N4O5. The molecule has 92 valence electrons. The minimum Gasteiger partial charge on any atom is -0.481 e. The summed E-state index contributed by atoms with van der Waals surface area (Å²) in [6.07, 6.45) is -2.45. The van der Waals surface area contributed by atoms with Crippen LogP contribution in [0.3, 0.4) is 0 Å². The first kappa shape index (κ1) is 11.6. The van der Waals surface area contributed by atoms with E-state index in [0.717, 1.165) is 0 Å². The third kappa shape index (κ3) is 1.91. The van der Waals surface area contributed by atoms with Crippen LogP contribution in [0.4, 0.5) is 0 Å². The molecule has 0 aromatic rings. The third-order valence-electron chi connectivity index (χ3n) is 2.86. The Morgan fingerprint density at radius 1 is 1.71 bits per heavy atom. The van der Waals surface area contributed by atoms with Crippen LogP contribution in [0.15, 0.2) is 5.11 Å². The molecule has 4 atom stereocenters. The van der Waals surface area contributed by atoms with E-state index in [9.17, 15) is 14.7 Å². The van der Waals surface area contributed by atoms with Gasteiger partial charge in [-0.1, -0.05) is 5.11 Å². The largest absolute Gasteiger partial charge is 0.481 e. The summed E-state index contributed by atoms with van der Waals surface area (Å²) in [5.74, 6) is -1.53. The molecule has 2 rings (SSSR count). The lowest BCUT2D eigenvalue weighted by molar-refractivity contribution is -0.160. The predicted molar refractivity (Wildman–Crippen MR) is 51.6 cm³/mol. The van der Waals surface area contributed by atoms with Gasteiger partial charge in [0.05, 0.1) is 13.0 Å². The van der Waals surface area contributed by atoms with Crippen LogP contribution in [0.1, 0.15) is 6.42 Å². The van der Waals surface area contributed by atoms with E-state index >= 15 is 0 Å². The standard InChI is InChI=1S/C8H10N4O5/c9-11-10-6(8(15)16)7(14)3-2-12-4(13)1-5(12)17-3/h3,5-7,14H,1-2H2,(H,15,16)/t3-,5+,6-,7+/m1/s1. The molecular weight excluding hydrogens is 232 g/mol. The first-order chi connectivity index (χ1) is 8.04. The second-order valence-electron chi connectivity index (χ2n) is 3.86. The van der Waals surface area contributed by atoms with E-state index in [2.05, 4.69) is 10.0 Å². The number of amides is 1. The maximum absolute atomic E-state index is 11.1. The van der Waals surface area contributed by atoms with Gasteiger partial charge in [0.1, 0.15) is 18.4 Å². The highest BCUT2D eigenvalue weighted by Crippen LogP contribution is 2.30. The number of ether oxygens (including phenoxy) is 1. The van der Waals surface area contributed by atoms with Crippen LogP contribution < -0.4 is 0 Å². The molecule has 17 heavy (non-hydrogen) atoms. The van der Waals surface area contributed by atoms with Gasteiger partial charge < -0.3 is 19.8 Å². The number of fused-ring (bicyclic) bond motifs is 1. The van der Waals surface area contributed by atoms with Crippen molar-refractivity contribution >= 4 is 11.9 Å². The van der Waals surface area contributed by atoms with Gasteiger partial charge in [0, 0.05) is 4.91 Å². The van der Waals surface area contributed by atoms with Crippen molar-refractivity contribution in [2.75, 3.05) is 6.54 Å². The average molecular weight is 242 g/mol. The van der Waals surface area contributed by atoms with Crippen molar-refractivity contribution in [3.05, 3.63) is 10.4 Å². The van der Waals surface area contributed by atoms with Crippen LogP contribution in [0.5, 0.6) is 0 Å². The van der Waals surface area contributed by atoms with Gasteiger partial charge in [0.2, 0.25) is 5.91 Å². The number of aliphatic carboxylic acids is 1. The molecule has 0 bridgehead atoms. The van der Waals surface area contributed by atoms with Gasteiger partial charge in [0.15, 0.2) is 6.04 Å². The number of carbonyl (C=O) groups is 2.